The molecule has 1 rings (SSSR count). The van der Waals surface area contributed by atoms with Crippen LogP contribution in [0, 0.1) is 0 Å². The second-order valence-electron chi connectivity index (χ2n) is 4.03. The van der Waals surface area contributed by atoms with Crippen LogP contribution in [-0.4, -0.2) is 34.1 Å². The third-order valence-electron chi connectivity index (χ3n) is 2.78. The molecule has 0 saturated carbocycles. The number of rotatable bonds is 6. The average Bonchev–Trinajstić information content (AvgIpc) is 2.61. The molecule has 0 radical (unpaired) electrons. The quantitative estimate of drug-likeness (QED) is 0.737. The van der Waals surface area contributed by atoms with E-state index in [-0.39, 0.29) is 0 Å². The maximum absolute atomic E-state index is 2.41. The van der Waals surface area contributed by atoms with Crippen molar-refractivity contribution in [1.29, 1.82) is 0 Å². The highest BCUT2D eigenvalue weighted by Crippen LogP contribution is 2.10. The van der Waals surface area contributed by atoms with Crippen molar-refractivity contribution in [3.63, 3.8) is 0 Å². The van der Waals surface area contributed by atoms with Crippen LogP contribution in [0.5, 0.6) is 0 Å². The van der Waals surface area contributed by atoms with E-state index in [0.717, 1.165) is 6.54 Å². The van der Waals surface area contributed by atoms with E-state index in [2.05, 4.69) is 55.7 Å². The lowest BCUT2D eigenvalue weighted by Crippen LogP contribution is -2.31. The molecule has 0 spiro atoms. The monoisotopic (exact) mass is 226 g/mol. The molecular weight excluding hydrogens is 204 g/mol. The molecule has 0 amide bonds. The van der Waals surface area contributed by atoms with Crippen molar-refractivity contribution in [3.05, 3.63) is 24.0 Å². The molecule has 0 aromatic carbocycles. The molecule has 1 atom stereocenters. The van der Waals surface area contributed by atoms with Crippen LogP contribution < -0.4 is 0 Å². The summed E-state index contributed by atoms with van der Waals surface area (Å²) in [4.78, 5) is 2.41. The Morgan fingerprint density at radius 1 is 1.53 bits per heavy atom. The first kappa shape index (κ1) is 12.7. The zero-order chi connectivity index (χ0) is 11.3. The first-order valence-corrected chi connectivity index (χ1v) is 6.68. The van der Waals surface area contributed by atoms with Crippen LogP contribution in [0.2, 0.25) is 0 Å². The van der Waals surface area contributed by atoms with Gasteiger partial charge < -0.3 is 4.57 Å². The van der Waals surface area contributed by atoms with Crippen LogP contribution in [-0.2, 0) is 13.6 Å². The Hall–Kier alpha value is -0.410. The van der Waals surface area contributed by atoms with Crippen molar-refractivity contribution < 1.29 is 0 Å². The largest absolute Gasteiger partial charge is 0.353 e. The Labute approximate surface area is 97.7 Å². The van der Waals surface area contributed by atoms with Crippen molar-refractivity contribution in [3.8, 4) is 0 Å². The van der Waals surface area contributed by atoms with Gasteiger partial charge >= 0.3 is 0 Å². The summed E-state index contributed by atoms with van der Waals surface area (Å²) < 4.78 is 2.19. The van der Waals surface area contributed by atoms with Gasteiger partial charge in [-0.1, -0.05) is 6.92 Å². The smallest absolute Gasteiger partial charge is 0.0387 e. The average molecular weight is 226 g/mol. The molecule has 1 aromatic heterocycles. The second kappa shape index (κ2) is 6.23. The second-order valence-corrected chi connectivity index (χ2v) is 5.35. The van der Waals surface area contributed by atoms with Gasteiger partial charge in [0.25, 0.3) is 0 Å². The molecule has 0 aliphatic rings. The van der Waals surface area contributed by atoms with Gasteiger partial charge in [0, 0.05) is 37.3 Å². The third kappa shape index (κ3) is 3.92. The van der Waals surface area contributed by atoms with Gasteiger partial charge in [-0.05, 0) is 31.9 Å². The van der Waals surface area contributed by atoms with Crippen molar-refractivity contribution >= 4 is 11.8 Å². The zero-order valence-electron chi connectivity index (χ0n) is 10.2. The Morgan fingerprint density at radius 2 is 2.27 bits per heavy atom. The van der Waals surface area contributed by atoms with Crippen LogP contribution >= 0.6 is 11.8 Å². The van der Waals surface area contributed by atoms with Crippen LogP contribution in [0.15, 0.2) is 18.3 Å². The minimum Gasteiger partial charge on any atom is -0.353 e. The molecule has 0 aliphatic heterocycles. The van der Waals surface area contributed by atoms with Crippen LogP contribution in [0.25, 0.3) is 0 Å². The lowest BCUT2D eigenvalue weighted by Gasteiger charge is -2.24. The number of nitrogens with zero attached hydrogens (tertiary/aromatic N) is 2. The number of thioether (sulfide) groups is 1. The third-order valence-corrected chi connectivity index (χ3v) is 3.90. The summed E-state index contributed by atoms with van der Waals surface area (Å²) in [6.45, 7) is 5.55. The minimum atomic E-state index is 0.643. The molecule has 1 heterocycles. The Morgan fingerprint density at radius 3 is 2.80 bits per heavy atom. The molecule has 0 aliphatic carbocycles. The standard InChI is InChI=1S/C12H22N2S/c1-5-15-10-11(2)14(4)9-12-7-6-8-13(12)3/h6-8,11H,5,9-10H2,1-4H3. The van der Waals surface area contributed by atoms with Gasteiger partial charge in [0.2, 0.25) is 0 Å². The van der Waals surface area contributed by atoms with E-state index < -0.39 is 0 Å². The summed E-state index contributed by atoms with van der Waals surface area (Å²) in [6.07, 6.45) is 2.11. The van der Waals surface area contributed by atoms with E-state index in [0.29, 0.717) is 6.04 Å². The van der Waals surface area contributed by atoms with Gasteiger partial charge in [0.05, 0.1) is 0 Å². The molecule has 1 unspecified atom stereocenters. The fraction of sp³-hybridized carbons (Fsp3) is 0.667. The zero-order valence-corrected chi connectivity index (χ0v) is 11.0. The molecule has 1 aromatic rings. The van der Waals surface area contributed by atoms with Crippen molar-refractivity contribution in [1.82, 2.24) is 9.47 Å². The van der Waals surface area contributed by atoms with Gasteiger partial charge in [-0.2, -0.15) is 11.8 Å². The van der Waals surface area contributed by atoms with Crippen molar-refractivity contribution in [2.75, 3.05) is 18.6 Å². The molecule has 86 valence electrons. The Bertz CT molecular complexity index is 283. The SMILES string of the molecule is CCSCC(C)N(C)Cc1cccn1C. The predicted molar refractivity (Wildman–Crippen MR) is 69.3 cm³/mol. The Kier molecular flexibility index (Phi) is 5.26. The van der Waals surface area contributed by atoms with E-state index in [1.165, 1.54) is 17.2 Å². The van der Waals surface area contributed by atoms with Gasteiger partial charge in [-0.3, -0.25) is 4.90 Å². The first-order chi connectivity index (χ1) is 7.15. The minimum absolute atomic E-state index is 0.643. The van der Waals surface area contributed by atoms with Crippen molar-refractivity contribution in [2.24, 2.45) is 7.05 Å². The van der Waals surface area contributed by atoms with E-state index in [9.17, 15) is 0 Å². The molecule has 0 fully saturated rings. The number of hydrogen-bond acceptors (Lipinski definition) is 2. The number of aryl methyl sites for hydroxylation is 1. The van der Waals surface area contributed by atoms with Gasteiger partial charge in [0.15, 0.2) is 0 Å². The Balaban J connectivity index is 2.41. The van der Waals surface area contributed by atoms with E-state index in [1.807, 2.05) is 11.8 Å². The lowest BCUT2D eigenvalue weighted by molar-refractivity contribution is 0.264. The summed E-state index contributed by atoms with van der Waals surface area (Å²) in [6, 6.07) is 4.94. The maximum Gasteiger partial charge on any atom is 0.0387 e. The topological polar surface area (TPSA) is 8.17 Å². The fourth-order valence-corrected chi connectivity index (χ4v) is 2.32. The maximum atomic E-state index is 2.41. The van der Waals surface area contributed by atoms with E-state index in [1.54, 1.807) is 0 Å². The predicted octanol–water partition coefficient (Wildman–Crippen LogP) is 2.60. The van der Waals surface area contributed by atoms with Gasteiger partial charge in [-0.15, -0.1) is 0 Å². The van der Waals surface area contributed by atoms with Gasteiger partial charge in [-0.25, -0.2) is 0 Å². The molecule has 0 bridgehead atoms. The molecule has 15 heavy (non-hydrogen) atoms. The summed E-state index contributed by atoms with van der Waals surface area (Å²) >= 11 is 2.01. The van der Waals surface area contributed by atoms with Crippen LogP contribution in [0.4, 0.5) is 0 Å². The fourth-order valence-electron chi connectivity index (χ4n) is 1.49. The molecule has 3 heteroatoms. The van der Waals surface area contributed by atoms with Gasteiger partial charge in [0.1, 0.15) is 0 Å². The van der Waals surface area contributed by atoms with Crippen LogP contribution in [0.3, 0.4) is 0 Å². The number of hydrogen-bond donors (Lipinski definition) is 0. The summed E-state index contributed by atoms with van der Waals surface area (Å²) in [5.74, 6) is 2.43. The lowest BCUT2D eigenvalue weighted by atomic mass is 10.3. The van der Waals surface area contributed by atoms with E-state index >= 15 is 0 Å². The molecule has 0 saturated heterocycles. The van der Waals surface area contributed by atoms with Crippen molar-refractivity contribution in [2.45, 2.75) is 26.4 Å². The molecule has 0 N–H and O–H groups in total. The highest BCUT2D eigenvalue weighted by molar-refractivity contribution is 7.99. The molecule has 2 nitrogen and oxygen atoms in total. The highest BCUT2D eigenvalue weighted by Gasteiger charge is 2.10. The summed E-state index contributed by atoms with van der Waals surface area (Å²) in [5, 5.41) is 0. The highest BCUT2D eigenvalue weighted by atomic mass is 32.2. The van der Waals surface area contributed by atoms with Crippen LogP contribution in [0.1, 0.15) is 19.5 Å². The normalized spacial score (nSPS) is 13.4. The summed E-state index contributed by atoms with van der Waals surface area (Å²) in [7, 11) is 4.31. The molecular formula is C12H22N2S. The van der Waals surface area contributed by atoms with E-state index in [4.69, 9.17) is 0 Å². The number of aromatic nitrogens is 1. The summed E-state index contributed by atoms with van der Waals surface area (Å²) in [5.41, 5.74) is 1.38. The first-order valence-electron chi connectivity index (χ1n) is 5.53.